The Morgan fingerprint density at radius 1 is 1.10 bits per heavy atom. The van der Waals surface area contributed by atoms with Gasteiger partial charge in [0.1, 0.15) is 6.04 Å². The van der Waals surface area contributed by atoms with E-state index in [1.165, 1.54) is 4.90 Å². The summed E-state index contributed by atoms with van der Waals surface area (Å²) in [6.45, 7) is 4.42. The van der Waals surface area contributed by atoms with Crippen LogP contribution in [-0.4, -0.2) is 43.0 Å². The molecule has 2 rings (SSSR count). The van der Waals surface area contributed by atoms with E-state index >= 15 is 0 Å². The second-order valence-electron chi connectivity index (χ2n) is 6.91. The Kier molecular flexibility index (Phi) is 9.48. The third-order valence-electron chi connectivity index (χ3n) is 4.68. The number of halogens is 1. The van der Waals surface area contributed by atoms with Crippen LogP contribution in [0.3, 0.4) is 0 Å². The Morgan fingerprint density at radius 2 is 1.77 bits per heavy atom. The molecule has 0 heterocycles. The van der Waals surface area contributed by atoms with Gasteiger partial charge in [-0.1, -0.05) is 49.2 Å². The predicted molar refractivity (Wildman–Crippen MR) is 118 cm³/mol. The molecular formula is C23H29ClN2O4. The van der Waals surface area contributed by atoms with E-state index in [9.17, 15) is 9.59 Å². The number of unbranched alkanes of at least 4 members (excludes halogenated alkanes) is 1. The van der Waals surface area contributed by atoms with Crippen LogP contribution in [0.4, 0.5) is 0 Å². The van der Waals surface area contributed by atoms with Gasteiger partial charge in [-0.05, 0) is 43.2 Å². The fourth-order valence-corrected chi connectivity index (χ4v) is 2.99. The normalized spacial score (nSPS) is 11.5. The lowest BCUT2D eigenvalue weighted by molar-refractivity contribution is -0.142. The number of nitrogens with one attached hydrogen (secondary N) is 1. The van der Waals surface area contributed by atoms with Crippen LogP contribution in [0, 0.1) is 0 Å². The van der Waals surface area contributed by atoms with Crippen molar-refractivity contribution in [3.8, 4) is 11.5 Å². The molecule has 162 valence electrons. The van der Waals surface area contributed by atoms with Gasteiger partial charge in [-0.2, -0.15) is 0 Å². The highest BCUT2D eigenvalue weighted by atomic mass is 35.5. The zero-order valence-electron chi connectivity index (χ0n) is 17.7. The third kappa shape index (κ3) is 6.95. The van der Waals surface area contributed by atoms with Gasteiger partial charge in [0.2, 0.25) is 5.91 Å². The van der Waals surface area contributed by atoms with Crippen molar-refractivity contribution < 1.29 is 19.1 Å². The van der Waals surface area contributed by atoms with Crippen molar-refractivity contribution in [2.75, 3.05) is 20.3 Å². The van der Waals surface area contributed by atoms with Gasteiger partial charge >= 0.3 is 0 Å². The predicted octanol–water partition coefficient (Wildman–Crippen LogP) is 4.06. The number of para-hydroxylation sites is 2. The Morgan fingerprint density at radius 3 is 2.40 bits per heavy atom. The van der Waals surface area contributed by atoms with Gasteiger partial charge in [0.05, 0.1) is 7.11 Å². The minimum absolute atomic E-state index is 0.192. The first kappa shape index (κ1) is 23.5. The standard InChI is InChI=1S/C23H29ClN2O4/c1-4-5-14-25-23(28)17(2)26(15-18-10-12-19(24)13-11-18)22(27)16-30-21-9-7-6-8-20(21)29-3/h6-13,17H,4-5,14-16H2,1-3H3,(H,25,28)/t17-/m0/s1. The number of ether oxygens (including phenoxy) is 2. The van der Waals surface area contributed by atoms with Crippen molar-refractivity contribution in [3.05, 3.63) is 59.1 Å². The molecular weight excluding hydrogens is 404 g/mol. The van der Waals surface area contributed by atoms with Gasteiger partial charge in [0.15, 0.2) is 18.1 Å². The average Bonchev–Trinajstić information content (AvgIpc) is 2.76. The lowest BCUT2D eigenvalue weighted by Gasteiger charge is -2.29. The first-order chi connectivity index (χ1) is 14.5. The molecule has 0 saturated heterocycles. The first-order valence-corrected chi connectivity index (χ1v) is 10.4. The van der Waals surface area contributed by atoms with Gasteiger partial charge in [-0.25, -0.2) is 0 Å². The summed E-state index contributed by atoms with van der Waals surface area (Å²) in [5.41, 5.74) is 0.873. The zero-order chi connectivity index (χ0) is 21.9. The molecule has 0 saturated carbocycles. The van der Waals surface area contributed by atoms with Crippen LogP contribution in [0.2, 0.25) is 5.02 Å². The van der Waals surface area contributed by atoms with E-state index in [-0.39, 0.29) is 25.0 Å². The number of nitrogens with zero attached hydrogens (tertiary/aromatic N) is 1. The van der Waals surface area contributed by atoms with E-state index < -0.39 is 6.04 Å². The van der Waals surface area contributed by atoms with Gasteiger partial charge in [0.25, 0.3) is 5.91 Å². The fourth-order valence-electron chi connectivity index (χ4n) is 2.87. The molecule has 2 amide bonds. The van der Waals surface area contributed by atoms with E-state index in [2.05, 4.69) is 12.2 Å². The number of hydrogen-bond acceptors (Lipinski definition) is 4. The summed E-state index contributed by atoms with van der Waals surface area (Å²) in [6.07, 6.45) is 1.87. The fraction of sp³-hybridized carbons (Fsp3) is 0.391. The largest absolute Gasteiger partial charge is 0.493 e. The number of carbonyl (C=O) groups excluding carboxylic acids is 2. The van der Waals surface area contributed by atoms with Crippen LogP contribution in [0.15, 0.2) is 48.5 Å². The average molecular weight is 433 g/mol. The minimum Gasteiger partial charge on any atom is -0.493 e. The number of benzene rings is 2. The van der Waals surface area contributed by atoms with Crippen molar-refractivity contribution in [3.63, 3.8) is 0 Å². The molecule has 30 heavy (non-hydrogen) atoms. The summed E-state index contributed by atoms with van der Waals surface area (Å²) in [5, 5.41) is 3.50. The van der Waals surface area contributed by atoms with Crippen LogP contribution in [0.1, 0.15) is 32.3 Å². The Labute approximate surface area is 183 Å². The highest BCUT2D eigenvalue weighted by molar-refractivity contribution is 6.30. The molecule has 0 bridgehead atoms. The highest BCUT2D eigenvalue weighted by Crippen LogP contribution is 2.26. The first-order valence-electron chi connectivity index (χ1n) is 10.0. The summed E-state index contributed by atoms with van der Waals surface area (Å²) in [4.78, 5) is 27.1. The van der Waals surface area contributed by atoms with Gasteiger partial charge in [-0.15, -0.1) is 0 Å². The Bertz CT molecular complexity index is 826. The van der Waals surface area contributed by atoms with Crippen LogP contribution >= 0.6 is 11.6 Å². The number of amides is 2. The van der Waals surface area contributed by atoms with E-state index in [4.69, 9.17) is 21.1 Å². The smallest absolute Gasteiger partial charge is 0.261 e. The van der Waals surface area contributed by atoms with Crippen LogP contribution in [0.5, 0.6) is 11.5 Å². The maximum Gasteiger partial charge on any atom is 0.261 e. The summed E-state index contributed by atoms with van der Waals surface area (Å²) in [5.74, 6) is 0.525. The summed E-state index contributed by atoms with van der Waals surface area (Å²) in [7, 11) is 1.54. The molecule has 0 fully saturated rings. The van der Waals surface area contributed by atoms with Crippen molar-refractivity contribution in [1.82, 2.24) is 10.2 Å². The van der Waals surface area contributed by atoms with Crippen molar-refractivity contribution >= 4 is 23.4 Å². The third-order valence-corrected chi connectivity index (χ3v) is 4.94. The van der Waals surface area contributed by atoms with E-state index in [0.717, 1.165) is 18.4 Å². The molecule has 1 atom stereocenters. The number of rotatable bonds is 11. The lowest BCUT2D eigenvalue weighted by Crippen LogP contribution is -2.49. The lowest BCUT2D eigenvalue weighted by atomic mass is 10.1. The van der Waals surface area contributed by atoms with Gasteiger partial charge in [0, 0.05) is 18.1 Å². The zero-order valence-corrected chi connectivity index (χ0v) is 18.4. The topological polar surface area (TPSA) is 67.9 Å². The minimum atomic E-state index is -0.647. The Balaban J connectivity index is 2.13. The number of carbonyl (C=O) groups is 2. The highest BCUT2D eigenvalue weighted by Gasteiger charge is 2.26. The van der Waals surface area contributed by atoms with Crippen molar-refractivity contribution in [2.45, 2.75) is 39.3 Å². The molecule has 0 aliphatic rings. The van der Waals surface area contributed by atoms with E-state index in [0.29, 0.717) is 23.1 Å². The molecule has 0 spiro atoms. The molecule has 1 N–H and O–H groups in total. The quantitative estimate of drug-likeness (QED) is 0.544. The number of hydrogen-bond donors (Lipinski definition) is 1. The molecule has 0 aliphatic carbocycles. The monoisotopic (exact) mass is 432 g/mol. The van der Waals surface area contributed by atoms with E-state index in [1.54, 1.807) is 44.4 Å². The summed E-state index contributed by atoms with van der Waals surface area (Å²) < 4.78 is 10.9. The SMILES string of the molecule is CCCCNC(=O)[C@H](C)N(Cc1ccc(Cl)cc1)C(=O)COc1ccccc1OC. The van der Waals surface area contributed by atoms with Crippen LogP contribution in [-0.2, 0) is 16.1 Å². The molecule has 7 heteroatoms. The van der Waals surface area contributed by atoms with E-state index in [1.807, 2.05) is 18.2 Å². The van der Waals surface area contributed by atoms with Gasteiger partial charge in [-0.3, -0.25) is 9.59 Å². The molecule has 2 aromatic carbocycles. The second-order valence-corrected chi connectivity index (χ2v) is 7.34. The maximum absolute atomic E-state index is 13.0. The number of methoxy groups -OCH3 is 1. The molecule has 2 aromatic rings. The van der Waals surface area contributed by atoms with Crippen LogP contribution < -0.4 is 14.8 Å². The van der Waals surface area contributed by atoms with Gasteiger partial charge < -0.3 is 19.7 Å². The second kappa shape index (κ2) is 12.1. The maximum atomic E-state index is 13.0. The molecule has 6 nitrogen and oxygen atoms in total. The Hall–Kier alpha value is -2.73. The van der Waals surface area contributed by atoms with Crippen molar-refractivity contribution in [2.24, 2.45) is 0 Å². The molecule has 0 aliphatic heterocycles. The van der Waals surface area contributed by atoms with Crippen LogP contribution in [0.25, 0.3) is 0 Å². The molecule has 0 aromatic heterocycles. The van der Waals surface area contributed by atoms with Crippen molar-refractivity contribution in [1.29, 1.82) is 0 Å². The summed E-state index contributed by atoms with van der Waals surface area (Å²) >= 11 is 5.96. The summed E-state index contributed by atoms with van der Waals surface area (Å²) in [6, 6.07) is 13.7. The molecule has 0 unspecified atom stereocenters. The molecule has 0 radical (unpaired) electrons.